The van der Waals surface area contributed by atoms with Crippen molar-refractivity contribution in [1.82, 2.24) is 0 Å². The Balaban J connectivity index is 5.16. The van der Waals surface area contributed by atoms with E-state index in [4.69, 9.17) is 0 Å². The Kier molecular flexibility index (Phi) is 5.00. The highest BCUT2D eigenvalue weighted by Gasteiger charge is 2.22. The van der Waals surface area contributed by atoms with E-state index in [-0.39, 0.29) is 11.2 Å². The highest BCUT2D eigenvalue weighted by atomic mass is 16.3. The number of aliphatic hydroxyl groups is 1. The smallest absolute Gasteiger partial charge is 0.119 e. The molecule has 0 radical (unpaired) electrons. The van der Waals surface area contributed by atoms with Gasteiger partial charge in [0.15, 0.2) is 0 Å². The Morgan fingerprint density at radius 3 is 2.07 bits per heavy atom. The molecule has 0 rings (SSSR count). The van der Waals surface area contributed by atoms with E-state index in [1.54, 1.807) is 18.2 Å². The summed E-state index contributed by atoms with van der Waals surface area (Å²) in [5.74, 6) is 0.270. The zero-order valence-corrected chi connectivity index (χ0v) is 9.38. The summed E-state index contributed by atoms with van der Waals surface area (Å²) in [6.45, 7) is 13.5. The number of hydrogen-bond donors (Lipinski definition) is 1. The van der Waals surface area contributed by atoms with Gasteiger partial charge in [0.1, 0.15) is 5.76 Å². The van der Waals surface area contributed by atoms with Crippen molar-refractivity contribution in [3.05, 3.63) is 48.8 Å². The summed E-state index contributed by atoms with van der Waals surface area (Å²) >= 11 is 0. The standard InChI is InChI=1S/C13H20O/c1-6-9-11(12(14)10-7-2)13(4,5)8-3/h6-7,9-10,14H,1-2,8H2,3-5H3/b11-9+,12-10+. The van der Waals surface area contributed by atoms with Crippen molar-refractivity contribution in [2.45, 2.75) is 27.2 Å². The predicted octanol–water partition coefficient (Wildman–Crippen LogP) is 4.16. The Labute approximate surface area is 87.2 Å². The van der Waals surface area contributed by atoms with Crippen molar-refractivity contribution in [1.29, 1.82) is 0 Å². The molecule has 0 saturated carbocycles. The van der Waals surface area contributed by atoms with Crippen molar-refractivity contribution >= 4 is 0 Å². The molecule has 0 bridgehead atoms. The van der Waals surface area contributed by atoms with Crippen molar-refractivity contribution < 1.29 is 5.11 Å². The Hall–Kier alpha value is -1.24. The Bertz CT molecular complexity index is 267. The fraction of sp³-hybridized carbons (Fsp3) is 0.385. The van der Waals surface area contributed by atoms with Crippen LogP contribution in [0.4, 0.5) is 0 Å². The lowest BCUT2D eigenvalue weighted by Crippen LogP contribution is -2.15. The molecule has 1 heteroatoms. The lowest BCUT2D eigenvalue weighted by molar-refractivity contribution is 0.356. The van der Waals surface area contributed by atoms with Crippen LogP contribution in [-0.4, -0.2) is 5.11 Å². The first-order chi connectivity index (χ1) is 6.49. The second kappa shape index (κ2) is 5.48. The van der Waals surface area contributed by atoms with Gasteiger partial charge < -0.3 is 5.11 Å². The van der Waals surface area contributed by atoms with E-state index in [2.05, 4.69) is 33.9 Å². The summed E-state index contributed by atoms with van der Waals surface area (Å²) in [6.07, 6.45) is 7.69. The van der Waals surface area contributed by atoms with Gasteiger partial charge in [0.05, 0.1) is 0 Å². The van der Waals surface area contributed by atoms with E-state index in [9.17, 15) is 5.11 Å². The van der Waals surface area contributed by atoms with Crippen LogP contribution < -0.4 is 0 Å². The molecule has 0 spiro atoms. The number of allylic oxidation sites excluding steroid dienone is 5. The van der Waals surface area contributed by atoms with Gasteiger partial charge in [0, 0.05) is 0 Å². The molecule has 0 amide bonds. The third-order valence-corrected chi connectivity index (χ3v) is 2.45. The third kappa shape index (κ3) is 3.25. The molecule has 0 aromatic carbocycles. The van der Waals surface area contributed by atoms with E-state index in [1.165, 1.54) is 0 Å². The van der Waals surface area contributed by atoms with Gasteiger partial charge >= 0.3 is 0 Å². The zero-order chi connectivity index (χ0) is 11.2. The van der Waals surface area contributed by atoms with Gasteiger partial charge in [-0.25, -0.2) is 0 Å². The summed E-state index contributed by atoms with van der Waals surface area (Å²) in [4.78, 5) is 0. The van der Waals surface area contributed by atoms with E-state index >= 15 is 0 Å². The molecule has 1 nitrogen and oxygen atoms in total. The maximum absolute atomic E-state index is 9.78. The van der Waals surface area contributed by atoms with Gasteiger partial charge in [0.25, 0.3) is 0 Å². The SMILES string of the molecule is C=C/C=C(\C(O)=C/C=C)C(C)(C)CC. The van der Waals surface area contributed by atoms with Crippen LogP contribution >= 0.6 is 0 Å². The molecule has 0 aromatic heterocycles. The zero-order valence-electron chi connectivity index (χ0n) is 9.38. The second-order valence-corrected chi connectivity index (χ2v) is 3.84. The fourth-order valence-corrected chi connectivity index (χ4v) is 1.17. The summed E-state index contributed by atoms with van der Waals surface area (Å²) in [6, 6.07) is 0. The normalized spacial score (nSPS) is 13.9. The average molecular weight is 192 g/mol. The monoisotopic (exact) mass is 192 g/mol. The van der Waals surface area contributed by atoms with Crippen LogP contribution in [0.25, 0.3) is 0 Å². The lowest BCUT2D eigenvalue weighted by Gasteiger charge is -2.25. The highest BCUT2D eigenvalue weighted by molar-refractivity contribution is 5.35. The van der Waals surface area contributed by atoms with Gasteiger partial charge in [0.2, 0.25) is 0 Å². The van der Waals surface area contributed by atoms with Crippen LogP contribution in [0.3, 0.4) is 0 Å². The fourth-order valence-electron chi connectivity index (χ4n) is 1.17. The molecule has 0 aliphatic carbocycles. The van der Waals surface area contributed by atoms with Crippen molar-refractivity contribution in [2.75, 3.05) is 0 Å². The minimum atomic E-state index is -0.0439. The van der Waals surface area contributed by atoms with Crippen LogP contribution in [-0.2, 0) is 0 Å². The summed E-state index contributed by atoms with van der Waals surface area (Å²) in [7, 11) is 0. The molecule has 0 aromatic rings. The molecule has 78 valence electrons. The molecule has 0 fully saturated rings. The maximum Gasteiger partial charge on any atom is 0.119 e. The van der Waals surface area contributed by atoms with Gasteiger partial charge in [-0.2, -0.15) is 0 Å². The van der Waals surface area contributed by atoms with Gasteiger partial charge in [-0.3, -0.25) is 0 Å². The van der Waals surface area contributed by atoms with Crippen molar-refractivity contribution in [3.63, 3.8) is 0 Å². The topological polar surface area (TPSA) is 20.2 Å². The molecule has 0 aliphatic rings. The summed E-state index contributed by atoms with van der Waals surface area (Å²) < 4.78 is 0. The van der Waals surface area contributed by atoms with Gasteiger partial charge in [-0.15, -0.1) is 0 Å². The molecular formula is C13H20O. The number of aliphatic hydroxyl groups excluding tert-OH is 1. The molecule has 0 atom stereocenters. The van der Waals surface area contributed by atoms with Crippen LogP contribution in [0.5, 0.6) is 0 Å². The van der Waals surface area contributed by atoms with Gasteiger partial charge in [-0.05, 0) is 23.5 Å². The van der Waals surface area contributed by atoms with Crippen LogP contribution in [0, 0.1) is 5.41 Å². The van der Waals surface area contributed by atoms with Gasteiger partial charge in [-0.1, -0.05) is 52.2 Å². The average Bonchev–Trinajstić information content (AvgIpc) is 2.14. The van der Waals surface area contributed by atoms with Crippen molar-refractivity contribution in [2.24, 2.45) is 5.41 Å². The van der Waals surface area contributed by atoms with Crippen LogP contribution in [0.15, 0.2) is 48.8 Å². The first-order valence-corrected chi connectivity index (χ1v) is 4.84. The second-order valence-electron chi connectivity index (χ2n) is 3.84. The van der Waals surface area contributed by atoms with Crippen molar-refractivity contribution in [3.8, 4) is 0 Å². The van der Waals surface area contributed by atoms with E-state index in [1.807, 2.05) is 6.08 Å². The largest absolute Gasteiger partial charge is 0.508 e. The summed E-state index contributed by atoms with van der Waals surface area (Å²) in [5, 5.41) is 9.78. The van der Waals surface area contributed by atoms with E-state index in [0.717, 1.165) is 12.0 Å². The minimum Gasteiger partial charge on any atom is -0.508 e. The van der Waals surface area contributed by atoms with Crippen LogP contribution in [0.1, 0.15) is 27.2 Å². The minimum absolute atomic E-state index is 0.0439. The summed E-state index contributed by atoms with van der Waals surface area (Å²) in [5.41, 5.74) is 0.854. The first-order valence-electron chi connectivity index (χ1n) is 4.84. The molecule has 0 unspecified atom stereocenters. The molecule has 14 heavy (non-hydrogen) atoms. The number of hydrogen-bond acceptors (Lipinski definition) is 1. The number of rotatable bonds is 5. The van der Waals surface area contributed by atoms with E-state index < -0.39 is 0 Å². The molecule has 0 saturated heterocycles. The quantitative estimate of drug-likeness (QED) is 0.512. The van der Waals surface area contributed by atoms with E-state index in [0.29, 0.717) is 0 Å². The molecule has 0 heterocycles. The highest BCUT2D eigenvalue weighted by Crippen LogP contribution is 2.33. The van der Waals surface area contributed by atoms with Crippen LogP contribution in [0.2, 0.25) is 0 Å². The first kappa shape index (κ1) is 12.8. The third-order valence-electron chi connectivity index (χ3n) is 2.45. The lowest BCUT2D eigenvalue weighted by atomic mass is 9.80. The molecular weight excluding hydrogens is 172 g/mol. The maximum atomic E-state index is 9.78. The Morgan fingerprint density at radius 1 is 1.21 bits per heavy atom. The predicted molar refractivity (Wildman–Crippen MR) is 63.3 cm³/mol. The molecule has 0 aliphatic heterocycles. The Morgan fingerprint density at radius 2 is 1.71 bits per heavy atom. The molecule has 1 N–H and O–H groups in total.